The van der Waals surface area contributed by atoms with Gasteiger partial charge in [0.1, 0.15) is 5.75 Å². The summed E-state index contributed by atoms with van der Waals surface area (Å²) in [6.45, 7) is 10.2. The zero-order valence-corrected chi connectivity index (χ0v) is 16.5. The van der Waals surface area contributed by atoms with Gasteiger partial charge >= 0.3 is 0 Å². The van der Waals surface area contributed by atoms with Crippen molar-refractivity contribution in [1.29, 1.82) is 0 Å². The molecule has 0 bridgehead atoms. The molecule has 146 valence electrons. The molecule has 27 heavy (non-hydrogen) atoms. The number of hydrogen-bond acceptors (Lipinski definition) is 5. The minimum Gasteiger partial charge on any atom is -0.495 e. The van der Waals surface area contributed by atoms with Gasteiger partial charge < -0.3 is 19.1 Å². The fourth-order valence-electron chi connectivity index (χ4n) is 3.23. The van der Waals surface area contributed by atoms with E-state index < -0.39 is 0 Å². The van der Waals surface area contributed by atoms with E-state index in [1.54, 1.807) is 13.2 Å². The molecule has 0 saturated carbocycles. The van der Waals surface area contributed by atoms with Crippen molar-refractivity contribution >= 4 is 17.5 Å². The minimum atomic E-state index is -0.105. The second-order valence-corrected chi connectivity index (χ2v) is 7.96. The van der Waals surface area contributed by atoms with E-state index in [-0.39, 0.29) is 11.3 Å². The number of rotatable bonds is 5. The Morgan fingerprint density at radius 3 is 2.63 bits per heavy atom. The SMILES string of the molecule is COc1ccccc1N1CC[NH+](CC(=O)Nc2cc(C(C)(C)C)no2)CC1. The third kappa shape index (κ3) is 4.80. The van der Waals surface area contributed by atoms with Gasteiger partial charge in [0.2, 0.25) is 5.88 Å². The molecule has 1 saturated heterocycles. The summed E-state index contributed by atoms with van der Waals surface area (Å²) in [4.78, 5) is 15.9. The molecule has 1 aromatic heterocycles. The van der Waals surface area contributed by atoms with Crippen molar-refractivity contribution in [3.63, 3.8) is 0 Å². The summed E-state index contributed by atoms with van der Waals surface area (Å²) in [5.74, 6) is 1.25. The van der Waals surface area contributed by atoms with Crippen molar-refractivity contribution in [2.75, 3.05) is 50.1 Å². The Kier molecular flexibility index (Phi) is 5.70. The Morgan fingerprint density at radius 2 is 2.00 bits per heavy atom. The lowest BCUT2D eigenvalue weighted by atomic mass is 9.92. The van der Waals surface area contributed by atoms with Crippen LogP contribution < -0.4 is 19.9 Å². The number of ether oxygens (including phenoxy) is 1. The van der Waals surface area contributed by atoms with Gasteiger partial charge in [-0.3, -0.25) is 10.1 Å². The van der Waals surface area contributed by atoms with E-state index in [1.165, 1.54) is 4.90 Å². The van der Waals surface area contributed by atoms with Gasteiger partial charge in [-0.15, -0.1) is 0 Å². The number of carbonyl (C=O) groups is 1. The van der Waals surface area contributed by atoms with E-state index in [4.69, 9.17) is 9.26 Å². The first-order valence-corrected chi connectivity index (χ1v) is 9.35. The van der Waals surface area contributed by atoms with Gasteiger partial charge in [-0.1, -0.05) is 38.1 Å². The second kappa shape index (κ2) is 8.00. The maximum Gasteiger partial charge on any atom is 0.281 e. The molecule has 2 heterocycles. The van der Waals surface area contributed by atoms with E-state index in [2.05, 4.69) is 42.2 Å². The number of nitrogens with one attached hydrogen (secondary N) is 2. The Bertz CT molecular complexity index is 774. The quantitative estimate of drug-likeness (QED) is 0.827. The van der Waals surface area contributed by atoms with Crippen LogP contribution in [0, 0.1) is 0 Å². The summed E-state index contributed by atoms with van der Waals surface area (Å²) in [5.41, 5.74) is 1.84. The average molecular weight is 373 g/mol. The predicted molar refractivity (Wildman–Crippen MR) is 105 cm³/mol. The lowest BCUT2D eigenvalue weighted by Gasteiger charge is -2.33. The maximum atomic E-state index is 12.3. The molecule has 0 unspecified atom stereocenters. The van der Waals surface area contributed by atoms with Crippen LogP contribution in [-0.2, 0) is 10.2 Å². The number of carbonyl (C=O) groups excluding carboxylic acids is 1. The van der Waals surface area contributed by atoms with E-state index in [0.717, 1.165) is 43.3 Å². The number of nitrogens with zero attached hydrogens (tertiary/aromatic N) is 2. The molecule has 0 aliphatic carbocycles. The molecule has 1 aromatic carbocycles. The molecule has 2 N–H and O–H groups in total. The van der Waals surface area contributed by atoms with Gasteiger partial charge in [0.25, 0.3) is 5.91 Å². The molecule has 1 fully saturated rings. The third-order valence-corrected chi connectivity index (χ3v) is 4.85. The fourth-order valence-corrected chi connectivity index (χ4v) is 3.23. The number of para-hydroxylation sites is 2. The lowest BCUT2D eigenvalue weighted by Crippen LogP contribution is -3.15. The molecular weight excluding hydrogens is 344 g/mol. The highest BCUT2D eigenvalue weighted by molar-refractivity contribution is 5.90. The molecule has 1 aliphatic heterocycles. The van der Waals surface area contributed by atoms with E-state index in [9.17, 15) is 4.79 Å². The number of quaternary nitrogens is 1. The molecular formula is C20H29N4O3+. The number of benzene rings is 1. The van der Waals surface area contributed by atoms with E-state index >= 15 is 0 Å². The topological polar surface area (TPSA) is 72.0 Å². The van der Waals surface area contributed by atoms with Crippen LogP contribution in [0.1, 0.15) is 26.5 Å². The first kappa shape index (κ1) is 19.2. The summed E-state index contributed by atoms with van der Waals surface area (Å²) in [6, 6.07) is 9.85. The van der Waals surface area contributed by atoms with Crippen LogP contribution in [-0.4, -0.2) is 50.9 Å². The van der Waals surface area contributed by atoms with Crippen molar-refractivity contribution in [2.45, 2.75) is 26.2 Å². The van der Waals surface area contributed by atoms with Gasteiger partial charge in [-0.2, -0.15) is 0 Å². The third-order valence-electron chi connectivity index (χ3n) is 4.85. The smallest absolute Gasteiger partial charge is 0.281 e. The van der Waals surface area contributed by atoms with Crippen LogP contribution in [0.25, 0.3) is 0 Å². The number of amides is 1. The van der Waals surface area contributed by atoms with Crippen molar-refractivity contribution in [1.82, 2.24) is 5.16 Å². The minimum absolute atomic E-state index is 0.0487. The van der Waals surface area contributed by atoms with E-state index in [1.807, 2.05) is 18.2 Å². The zero-order valence-electron chi connectivity index (χ0n) is 16.5. The van der Waals surface area contributed by atoms with Gasteiger partial charge in [0, 0.05) is 11.5 Å². The highest BCUT2D eigenvalue weighted by Crippen LogP contribution is 2.27. The molecule has 3 rings (SSSR count). The Labute approximate surface area is 160 Å². The van der Waals surface area contributed by atoms with Crippen LogP contribution in [0.4, 0.5) is 11.6 Å². The molecule has 0 radical (unpaired) electrons. The summed E-state index contributed by atoms with van der Waals surface area (Å²) in [7, 11) is 1.69. The maximum absolute atomic E-state index is 12.3. The number of piperazine rings is 1. The highest BCUT2D eigenvalue weighted by Gasteiger charge is 2.25. The number of hydrogen-bond donors (Lipinski definition) is 2. The number of anilines is 2. The molecule has 0 atom stereocenters. The first-order valence-electron chi connectivity index (χ1n) is 9.35. The molecule has 7 heteroatoms. The molecule has 1 aliphatic rings. The molecule has 2 aromatic rings. The summed E-state index contributed by atoms with van der Waals surface area (Å²) in [5, 5.41) is 6.85. The highest BCUT2D eigenvalue weighted by atomic mass is 16.5. The van der Waals surface area contributed by atoms with Gasteiger partial charge in [-0.05, 0) is 12.1 Å². The average Bonchev–Trinajstić information content (AvgIpc) is 3.11. The zero-order chi connectivity index (χ0) is 19.4. The summed E-state index contributed by atoms with van der Waals surface area (Å²) in [6.07, 6.45) is 0. The van der Waals surface area contributed by atoms with Gasteiger partial charge in [0.05, 0.1) is 44.7 Å². The Balaban J connectivity index is 1.50. The normalized spacial score (nSPS) is 15.6. The van der Waals surface area contributed by atoms with E-state index in [0.29, 0.717) is 12.4 Å². The van der Waals surface area contributed by atoms with Crippen molar-refractivity contribution in [2.24, 2.45) is 0 Å². The van der Waals surface area contributed by atoms with Crippen LogP contribution in [0.3, 0.4) is 0 Å². The van der Waals surface area contributed by atoms with Gasteiger partial charge in [0.15, 0.2) is 6.54 Å². The number of methoxy groups -OCH3 is 1. The number of aromatic nitrogens is 1. The fraction of sp³-hybridized carbons (Fsp3) is 0.500. The summed E-state index contributed by atoms with van der Waals surface area (Å²) < 4.78 is 10.7. The van der Waals surface area contributed by atoms with Crippen molar-refractivity contribution < 1.29 is 19.0 Å². The van der Waals surface area contributed by atoms with Crippen molar-refractivity contribution in [3.8, 4) is 5.75 Å². The Hall–Kier alpha value is -2.54. The van der Waals surface area contributed by atoms with Crippen LogP contribution in [0.15, 0.2) is 34.9 Å². The van der Waals surface area contributed by atoms with Crippen molar-refractivity contribution in [3.05, 3.63) is 36.0 Å². The standard InChI is InChI=1S/C20H28N4O3/c1-20(2,3)17-13-19(27-22-17)21-18(25)14-23-9-11-24(12-10-23)15-7-5-6-8-16(15)26-4/h5-8,13H,9-12,14H2,1-4H3,(H,21,25)/p+1. The molecule has 7 nitrogen and oxygen atoms in total. The first-order chi connectivity index (χ1) is 12.9. The second-order valence-electron chi connectivity index (χ2n) is 7.96. The molecule has 0 spiro atoms. The Morgan fingerprint density at radius 1 is 1.30 bits per heavy atom. The molecule has 1 amide bonds. The van der Waals surface area contributed by atoms with Crippen LogP contribution >= 0.6 is 0 Å². The van der Waals surface area contributed by atoms with Crippen LogP contribution in [0.2, 0.25) is 0 Å². The summed E-state index contributed by atoms with van der Waals surface area (Å²) >= 11 is 0. The predicted octanol–water partition coefficient (Wildman–Crippen LogP) is 1.32. The monoisotopic (exact) mass is 373 g/mol. The van der Waals surface area contributed by atoms with Gasteiger partial charge in [-0.25, -0.2) is 0 Å². The van der Waals surface area contributed by atoms with Crippen LogP contribution in [0.5, 0.6) is 5.75 Å². The largest absolute Gasteiger partial charge is 0.495 e. The lowest BCUT2D eigenvalue weighted by molar-refractivity contribution is -0.892.